The Balaban J connectivity index is 1.57. The number of aryl methyl sites for hydroxylation is 2. The highest BCUT2D eigenvalue weighted by Gasteiger charge is 2.40. The van der Waals surface area contributed by atoms with Gasteiger partial charge < -0.3 is 19.9 Å². The zero-order chi connectivity index (χ0) is 23.2. The van der Waals surface area contributed by atoms with Gasteiger partial charge in [0.15, 0.2) is 11.8 Å². The van der Waals surface area contributed by atoms with E-state index in [1.54, 1.807) is 7.05 Å². The summed E-state index contributed by atoms with van der Waals surface area (Å²) in [7, 11) is 4.54. The number of aromatic nitrogens is 4. The summed E-state index contributed by atoms with van der Waals surface area (Å²) >= 11 is 0. The van der Waals surface area contributed by atoms with Crippen LogP contribution in [0.1, 0.15) is 23.0 Å². The number of carbonyl (C=O) groups is 2. The number of nitrogens with zero attached hydrogens (tertiary/aromatic N) is 4. The number of likely N-dealkylation sites (N-methyl/N-ethyl adjacent to an activating group) is 1. The molecular weight excluding hydrogens is 416 g/mol. The van der Waals surface area contributed by atoms with Crippen molar-refractivity contribution in [1.29, 1.82) is 0 Å². The molecule has 32 heavy (non-hydrogen) atoms. The Bertz CT molecular complexity index is 1320. The number of rotatable bonds is 4. The van der Waals surface area contributed by atoms with E-state index in [1.807, 2.05) is 31.2 Å². The first-order valence-corrected chi connectivity index (χ1v) is 10.0. The molecule has 1 saturated heterocycles. The maximum absolute atomic E-state index is 13.0. The summed E-state index contributed by atoms with van der Waals surface area (Å²) in [6.45, 7) is 1.75. The molecule has 3 aromatic rings. The molecule has 0 bridgehead atoms. The van der Waals surface area contributed by atoms with Crippen LogP contribution in [0.5, 0.6) is 0 Å². The Labute approximate surface area is 182 Å². The van der Waals surface area contributed by atoms with E-state index < -0.39 is 29.3 Å². The molecule has 0 radical (unpaired) electrons. The number of carbonyl (C=O) groups excluding carboxylic acids is 2. The first-order chi connectivity index (χ1) is 15.2. The van der Waals surface area contributed by atoms with Crippen LogP contribution in [0.3, 0.4) is 0 Å². The van der Waals surface area contributed by atoms with Gasteiger partial charge in [0, 0.05) is 21.1 Å². The van der Waals surface area contributed by atoms with E-state index in [4.69, 9.17) is 4.74 Å². The number of aromatic amines is 1. The molecule has 11 nitrogen and oxygen atoms in total. The van der Waals surface area contributed by atoms with Gasteiger partial charge in [-0.1, -0.05) is 29.8 Å². The van der Waals surface area contributed by atoms with Crippen molar-refractivity contribution in [3.05, 3.63) is 62.1 Å². The van der Waals surface area contributed by atoms with Crippen LogP contribution in [0.4, 0.5) is 0 Å². The maximum Gasteiger partial charge on any atom is 0.332 e. The number of amides is 2. The van der Waals surface area contributed by atoms with Gasteiger partial charge in [-0.3, -0.25) is 23.5 Å². The first-order valence-electron chi connectivity index (χ1n) is 10.0. The van der Waals surface area contributed by atoms with Gasteiger partial charge in [0.25, 0.3) is 11.5 Å². The second kappa shape index (κ2) is 8.08. The van der Waals surface area contributed by atoms with Crippen molar-refractivity contribution < 1.29 is 14.3 Å². The van der Waals surface area contributed by atoms with Gasteiger partial charge in [-0.2, -0.15) is 0 Å². The molecule has 0 aliphatic carbocycles. The molecule has 2 atom stereocenters. The molecule has 3 heterocycles. The van der Waals surface area contributed by atoms with Gasteiger partial charge >= 0.3 is 5.69 Å². The predicted octanol–water partition coefficient (Wildman–Crippen LogP) is -0.517. The number of nitrogens with one attached hydrogen (secondary N) is 2. The molecule has 2 N–H and O–H groups in total. The largest absolute Gasteiger partial charge is 0.356 e. The lowest BCUT2D eigenvalue weighted by molar-refractivity contribution is -0.162. The summed E-state index contributed by atoms with van der Waals surface area (Å²) in [6.07, 6.45) is -0.915. The number of morpholine rings is 1. The fraction of sp³-hybridized carbons (Fsp3) is 0.381. The summed E-state index contributed by atoms with van der Waals surface area (Å²) in [5.74, 6) is -0.315. The molecule has 2 unspecified atom stereocenters. The summed E-state index contributed by atoms with van der Waals surface area (Å²) in [5, 5.41) is 2.75. The minimum absolute atomic E-state index is 0.0109. The number of hydrogen-bond acceptors (Lipinski definition) is 6. The van der Waals surface area contributed by atoms with E-state index in [0.717, 1.165) is 15.7 Å². The number of ether oxygens (including phenoxy) is 1. The third kappa shape index (κ3) is 3.60. The maximum atomic E-state index is 13.0. The fourth-order valence-electron chi connectivity index (χ4n) is 3.82. The Morgan fingerprint density at radius 2 is 1.84 bits per heavy atom. The minimum atomic E-state index is -0.915. The minimum Gasteiger partial charge on any atom is -0.356 e. The summed E-state index contributed by atoms with van der Waals surface area (Å²) in [5.41, 5.74) is 1.24. The fourth-order valence-corrected chi connectivity index (χ4v) is 3.82. The molecule has 1 aliphatic rings. The first kappa shape index (κ1) is 21.5. The van der Waals surface area contributed by atoms with E-state index in [2.05, 4.69) is 15.3 Å². The van der Waals surface area contributed by atoms with Crippen LogP contribution in [-0.2, 0) is 35.0 Å². The van der Waals surface area contributed by atoms with Crippen molar-refractivity contribution in [3.8, 4) is 0 Å². The smallest absolute Gasteiger partial charge is 0.332 e. The van der Waals surface area contributed by atoms with E-state index >= 15 is 0 Å². The molecule has 1 aliphatic heterocycles. The third-order valence-corrected chi connectivity index (χ3v) is 5.73. The highest BCUT2D eigenvalue weighted by atomic mass is 16.5. The normalized spacial score (nSPS) is 18.9. The van der Waals surface area contributed by atoms with Gasteiger partial charge in [0.1, 0.15) is 17.9 Å². The predicted molar refractivity (Wildman–Crippen MR) is 115 cm³/mol. The molecule has 2 aromatic heterocycles. The summed E-state index contributed by atoms with van der Waals surface area (Å²) in [4.78, 5) is 58.3. The average molecular weight is 440 g/mol. The zero-order valence-corrected chi connectivity index (χ0v) is 18.2. The Morgan fingerprint density at radius 3 is 2.53 bits per heavy atom. The van der Waals surface area contributed by atoms with Crippen LogP contribution in [0.25, 0.3) is 11.2 Å². The Hall–Kier alpha value is -3.73. The van der Waals surface area contributed by atoms with E-state index in [0.29, 0.717) is 5.82 Å². The van der Waals surface area contributed by atoms with Crippen molar-refractivity contribution in [2.45, 2.75) is 25.6 Å². The van der Waals surface area contributed by atoms with Crippen molar-refractivity contribution in [2.75, 3.05) is 13.7 Å². The van der Waals surface area contributed by atoms with Crippen molar-refractivity contribution in [2.24, 2.45) is 14.1 Å². The SMILES string of the molecule is Cc1ccc(C2C(C(=O)NCc3nc4c([nH]3)c(=O)n(C)c(=O)n4C)OCC(=O)N2C)cc1. The second-order valence-electron chi connectivity index (χ2n) is 7.90. The highest BCUT2D eigenvalue weighted by Crippen LogP contribution is 2.29. The third-order valence-electron chi connectivity index (χ3n) is 5.73. The Kier molecular flexibility index (Phi) is 5.43. The van der Waals surface area contributed by atoms with Crippen LogP contribution < -0.4 is 16.6 Å². The summed E-state index contributed by atoms with van der Waals surface area (Å²) < 4.78 is 7.85. The highest BCUT2D eigenvalue weighted by molar-refractivity contribution is 5.86. The van der Waals surface area contributed by atoms with Crippen molar-refractivity contribution >= 4 is 23.0 Å². The van der Waals surface area contributed by atoms with Crippen molar-refractivity contribution in [3.63, 3.8) is 0 Å². The Morgan fingerprint density at radius 1 is 1.16 bits per heavy atom. The number of H-pyrrole nitrogens is 1. The molecule has 0 spiro atoms. The van der Waals surface area contributed by atoms with Crippen LogP contribution in [0.2, 0.25) is 0 Å². The van der Waals surface area contributed by atoms with E-state index in [9.17, 15) is 19.2 Å². The molecule has 2 amide bonds. The van der Waals surface area contributed by atoms with Crippen LogP contribution >= 0.6 is 0 Å². The molecule has 1 aromatic carbocycles. The quantitative estimate of drug-likeness (QED) is 0.562. The molecule has 11 heteroatoms. The number of imidazole rings is 1. The summed E-state index contributed by atoms with van der Waals surface area (Å²) in [6, 6.07) is 6.98. The number of hydrogen-bond donors (Lipinski definition) is 2. The van der Waals surface area contributed by atoms with Gasteiger partial charge in [0.2, 0.25) is 5.91 Å². The van der Waals surface area contributed by atoms with Crippen LogP contribution in [-0.4, -0.2) is 55.6 Å². The van der Waals surface area contributed by atoms with E-state index in [-0.39, 0.29) is 30.2 Å². The zero-order valence-electron chi connectivity index (χ0n) is 18.2. The van der Waals surface area contributed by atoms with Crippen LogP contribution in [0.15, 0.2) is 33.9 Å². The van der Waals surface area contributed by atoms with Gasteiger partial charge in [0.05, 0.1) is 12.6 Å². The van der Waals surface area contributed by atoms with Gasteiger partial charge in [-0.15, -0.1) is 0 Å². The average Bonchev–Trinajstić information content (AvgIpc) is 3.21. The number of benzene rings is 1. The lowest BCUT2D eigenvalue weighted by atomic mass is 9.97. The lowest BCUT2D eigenvalue weighted by Crippen LogP contribution is -2.52. The van der Waals surface area contributed by atoms with Gasteiger partial charge in [-0.05, 0) is 12.5 Å². The standard InChI is InChI=1S/C21H24N6O5/c1-11-5-7-12(8-6-11)16-17(32-10-14(28)25(16)2)19(29)22-9-13-23-15-18(24-13)26(3)21(31)27(4)20(15)30/h5-8,16-17H,9-10H2,1-4H3,(H,22,29)(H,23,24). The topological polar surface area (TPSA) is 131 Å². The van der Waals surface area contributed by atoms with Crippen molar-refractivity contribution in [1.82, 2.24) is 29.3 Å². The lowest BCUT2D eigenvalue weighted by Gasteiger charge is -2.38. The van der Waals surface area contributed by atoms with Crippen LogP contribution in [0, 0.1) is 6.92 Å². The molecule has 1 fully saturated rings. The second-order valence-corrected chi connectivity index (χ2v) is 7.90. The molecule has 4 rings (SSSR count). The molecular formula is C21H24N6O5. The van der Waals surface area contributed by atoms with Gasteiger partial charge in [-0.25, -0.2) is 9.78 Å². The number of fused-ring (bicyclic) bond motifs is 1. The monoisotopic (exact) mass is 440 g/mol. The van der Waals surface area contributed by atoms with E-state index in [1.165, 1.54) is 23.6 Å². The molecule has 0 saturated carbocycles. The molecule has 168 valence electrons.